The maximum absolute atomic E-state index is 5.31. The molecular formula is C9H17N2O2+. The van der Waals surface area contributed by atoms with E-state index in [0.29, 0.717) is 6.61 Å². The summed E-state index contributed by atoms with van der Waals surface area (Å²) in [5, 5.41) is 0. The van der Waals surface area contributed by atoms with E-state index in [4.69, 9.17) is 9.47 Å². The molecule has 0 bridgehead atoms. The molecule has 1 N–H and O–H groups in total. The van der Waals surface area contributed by atoms with Gasteiger partial charge in [-0.15, -0.1) is 0 Å². The van der Waals surface area contributed by atoms with Crippen LogP contribution < -0.4 is 4.57 Å². The molecule has 0 fully saturated rings. The summed E-state index contributed by atoms with van der Waals surface area (Å²) in [6.07, 6.45) is 3.90. The SMILES string of the molecule is CCOCc1[nH]cc[n+]1CCOC. The molecule has 13 heavy (non-hydrogen) atoms. The Morgan fingerprint density at radius 3 is 3.08 bits per heavy atom. The van der Waals surface area contributed by atoms with E-state index < -0.39 is 0 Å². The van der Waals surface area contributed by atoms with E-state index in [2.05, 4.69) is 9.55 Å². The summed E-state index contributed by atoms with van der Waals surface area (Å²) in [5.41, 5.74) is 0. The molecule has 0 amide bonds. The number of ether oxygens (including phenoxy) is 2. The van der Waals surface area contributed by atoms with E-state index in [-0.39, 0.29) is 0 Å². The minimum atomic E-state index is 0.632. The maximum atomic E-state index is 5.31. The molecule has 0 spiro atoms. The highest BCUT2D eigenvalue weighted by atomic mass is 16.5. The van der Waals surface area contributed by atoms with Crippen LogP contribution in [0.2, 0.25) is 0 Å². The van der Waals surface area contributed by atoms with Crippen molar-refractivity contribution in [1.82, 2.24) is 4.98 Å². The largest absolute Gasteiger partial charge is 0.381 e. The fraction of sp³-hybridized carbons (Fsp3) is 0.667. The van der Waals surface area contributed by atoms with Gasteiger partial charge in [-0.2, -0.15) is 0 Å². The number of nitrogens with one attached hydrogen (secondary N) is 1. The average Bonchev–Trinajstić information content (AvgIpc) is 2.59. The molecule has 74 valence electrons. The van der Waals surface area contributed by atoms with Gasteiger partial charge in [0.15, 0.2) is 0 Å². The van der Waals surface area contributed by atoms with E-state index in [0.717, 1.165) is 25.6 Å². The summed E-state index contributed by atoms with van der Waals surface area (Å²) in [5.74, 6) is 1.08. The minimum Gasteiger partial charge on any atom is -0.381 e. The fourth-order valence-corrected chi connectivity index (χ4v) is 1.12. The first kappa shape index (κ1) is 10.2. The number of methoxy groups -OCH3 is 1. The molecule has 4 heteroatoms. The van der Waals surface area contributed by atoms with Crippen molar-refractivity contribution < 1.29 is 14.0 Å². The van der Waals surface area contributed by atoms with Crippen molar-refractivity contribution in [2.24, 2.45) is 0 Å². The molecule has 1 aromatic heterocycles. The quantitative estimate of drug-likeness (QED) is 0.655. The monoisotopic (exact) mass is 185 g/mol. The molecule has 4 nitrogen and oxygen atoms in total. The van der Waals surface area contributed by atoms with Crippen LogP contribution in [0.1, 0.15) is 12.7 Å². The van der Waals surface area contributed by atoms with Gasteiger partial charge in [0.25, 0.3) is 5.82 Å². The molecule has 1 rings (SSSR count). The van der Waals surface area contributed by atoms with Gasteiger partial charge >= 0.3 is 0 Å². The summed E-state index contributed by atoms with van der Waals surface area (Å²) < 4.78 is 12.4. The van der Waals surface area contributed by atoms with E-state index in [1.54, 1.807) is 7.11 Å². The summed E-state index contributed by atoms with van der Waals surface area (Å²) in [6, 6.07) is 0. The second kappa shape index (κ2) is 5.72. The molecule has 0 unspecified atom stereocenters. The number of aromatic nitrogens is 2. The topological polar surface area (TPSA) is 38.1 Å². The normalized spacial score (nSPS) is 10.6. The standard InChI is InChI=1S/C9H16N2O2/c1-3-13-8-9-10-4-5-11(9)6-7-12-2/h4-5H,3,6-8H2,1-2H3/p+1. The summed E-state index contributed by atoms with van der Waals surface area (Å²) in [6.45, 7) is 4.95. The zero-order chi connectivity index (χ0) is 9.52. The van der Waals surface area contributed by atoms with Crippen LogP contribution in [0.25, 0.3) is 0 Å². The molecule has 0 aliphatic rings. The van der Waals surface area contributed by atoms with E-state index in [1.807, 2.05) is 19.3 Å². The number of aromatic amines is 1. The lowest BCUT2D eigenvalue weighted by Gasteiger charge is -2.00. The average molecular weight is 185 g/mol. The predicted octanol–water partition coefficient (Wildman–Crippen LogP) is 0.485. The lowest BCUT2D eigenvalue weighted by atomic mass is 10.5. The number of nitrogens with zero attached hydrogens (tertiary/aromatic N) is 1. The third kappa shape index (κ3) is 3.16. The van der Waals surface area contributed by atoms with Crippen molar-refractivity contribution in [3.8, 4) is 0 Å². The molecular weight excluding hydrogens is 168 g/mol. The lowest BCUT2D eigenvalue weighted by Crippen LogP contribution is -2.38. The van der Waals surface area contributed by atoms with Crippen molar-refractivity contribution in [3.63, 3.8) is 0 Å². The first-order valence-electron chi connectivity index (χ1n) is 4.50. The van der Waals surface area contributed by atoms with Crippen LogP contribution in [0.4, 0.5) is 0 Å². The Balaban J connectivity index is 2.45. The van der Waals surface area contributed by atoms with Gasteiger partial charge in [0.05, 0.1) is 6.61 Å². The van der Waals surface area contributed by atoms with E-state index in [9.17, 15) is 0 Å². The molecule has 0 saturated heterocycles. The van der Waals surface area contributed by atoms with E-state index in [1.165, 1.54) is 0 Å². The Kier molecular flexibility index (Phi) is 4.49. The van der Waals surface area contributed by atoms with Gasteiger partial charge in [0, 0.05) is 13.7 Å². The van der Waals surface area contributed by atoms with Crippen molar-refractivity contribution in [3.05, 3.63) is 18.2 Å². The Bertz CT molecular complexity index is 213. The highest BCUT2D eigenvalue weighted by Gasteiger charge is 2.08. The summed E-state index contributed by atoms with van der Waals surface area (Å²) in [7, 11) is 1.70. The van der Waals surface area contributed by atoms with Crippen LogP contribution in [-0.2, 0) is 22.6 Å². The molecule has 1 aromatic rings. The van der Waals surface area contributed by atoms with Gasteiger partial charge in [0.1, 0.15) is 25.5 Å². The highest BCUT2D eigenvalue weighted by Crippen LogP contribution is 1.90. The van der Waals surface area contributed by atoms with Crippen LogP contribution in [0, 0.1) is 0 Å². The van der Waals surface area contributed by atoms with Crippen molar-refractivity contribution in [2.45, 2.75) is 20.1 Å². The first-order chi connectivity index (χ1) is 6.38. The molecule has 0 atom stereocenters. The third-order valence-electron chi connectivity index (χ3n) is 1.83. The number of imidazole rings is 1. The molecule has 0 aliphatic carbocycles. The maximum Gasteiger partial charge on any atom is 0.280 e. The van der Waals surface area contributed by atoms with Crippen LogP contribution in [0.5, 0.6) is 0 Å². The second-order valence-corrected chi connectivity index (χ2v) is 2.73. The number of hydrogen-bond acceptors (Lipinski definition) is 2. The van der Waals surface area contributed by atoms with E-state index >= 15 is 0 Å². The molecule has 1 heterocycles. The smallest absolute Gasteiger partial charge is 0.280 e. The molecule has 0 saturated carbocycles. The molecule has 0 radical (unpaired) electrons. The zero-order valence-electron chi connectivity index (χ0n) is 8.25. The number of H-pyrrole nitrogens is 1. The van der Waals surface area contributed by atoms with Gasteiger partial charge < -0.3 is 9.47 Å². The summed E-state index contributed by atoms with van der Waals surface area (Å²) in [4.78, 5) is 3.13. The second-order valence-electron chi connectivity index (χ2n) is 2.73. The van der Waals surface area contributed by atoms with Gasteiger partial charge in [-0.05, 0) is 6.92 Å². The Hall–Kier alpha value is -0.870. The van der Waals surface area contributed by atoms with Gasteiger partial charge in [-0.25, -0.2) is 9.55 Å². The van der Waals surface area contributed by atoms with Gasteiger partial charge in [-0.3, -0.25) is 0 Å². The van der Waals surface area contributed by atoms with Crippen LogP contribution in [-0.4, -0.2) is 25.3 Å². The van der Waals surface area contributed by atoms with Crippen LogP contribution in [0.3, 0.4) is 0 Å². The van der Waals surface area contributed by atoms with Crippen molar-refractivity contribution in [1.29, 1.82) is 0 Å². The fourth-order valence-electron chi connectivity index (χ4n) is 1.12. The number of hydrogen-bond donors (Lipinski definition) is 1. The zero-order valence-corrected chi connectivity index (χ0v) is 8.25. The number of rotatable bonds is 6. The minimum absolute atomic E-state index is 0.632. The Morgan fingerprint density at radius 2 is 2.38 bits per heavy atom. The van der Waals surface area contributed by atoms with Gasteiger partial charge in [0.2, 0.25) is 0 Å². The van der Waals surface area contributed by atoms with Crippen LogP contribution >= 0.6 is 0 Å². The summed E-state index contributed by atoms with van der Waals surface area (Å²) >= 11 is 0. The van der Waals surface area contributed by atoms with Gasteiger partial charge in [-0.1, -0.05) is 0 Å². The van der Waals surface area contributed by atoms with Crippen molar-refractivity contribution in [2.75, 3.05) is 20.3 Å². The predicted molar refractivity (Wildman–Crippen MR) is 48.2 cm³/mol. The van der Waals surface area contributed by atoms with Crippen LogP contribution in [0.15, 0.2) is 12.4 Å². The molecule has 0 aliphatic heterocycles. The molecule has 0 aromatic carbocycles. The van der Waals surface area contributed by atoms with Crippen molar-refractivity contribution >= 4 is 0 Å². The Labute approximate surface area is 78.5 Å². The Morgan fingerprint density at radius 1 is 1.54 bits per heavy atom. The third-order valence-corrected chi connectivity index (χ3v) is 1.83. The highest BCUT2D eigenvalue weighted by molar-refractivity contribution is 4.73. The first-order valence-corrected chi connectivity index (χ1v) is 4.50. The lowest BCUT2D eigenvalue weighted by molar-refractivity contribution is -0.706.